The van der Waals surface area contributed by atoms with Gasteiger partial charge in [-0.1, -0.05) is 25.1 Å². The Morgan fingerprint density at radius 3 is 2.62 bits per heavy atom. The van der Waals surface area contributed by atoms with Gasteiger partial charge in [-0.25, -0.2) is 4.39 Å². The fourth-order valence-electron chi connectivity index (χ4n) is 4.96. The molecular weight excluding hydrogens is 435 g/mol. The molecule has 2 amide bonds. The molecular formula is C27H31FN2O4. The largest absolute Gasteiger partial charge is 0.481 e. The molecule has 1 aliphatic carbocycles. The predicted molar refractivity (Wildman–Crippen MR) is 125 cm³/mol. The summed E-state index contributed by atoms with van der Waals surface area (Å²) in [6, 6.07) is 12.0. The quantitative estimate of drug-likeness (QED) is 0.651. The monoisotopic (exact) mass is 466 g/mol. The molecule has 1 saturated carbocycles. The van der Waals surface area contributed by atoms with Crippen molar-refractivity contribution in [1.82, 2.24) is 9.80 Å². The van der Waals surface area contributed by atoms with Crippen LogP contribution in [0.5, 0.6) is 5.75 Å². The van der Waals surface area contributed by atoms with Crippen LogP contribution in [0.1, 0.15) is 48.9 Å². The number of rotatable bonds is 6. The molecule has 2 unspecified atom stereocenters. The summed E-state index contributed by atoms with van der Waals surface area (Å²) in [5.41, 5.74) is 2.81. The summed E-state index contributed by atoms with van der Waals surface area (Å²) >= 11 is 0. The minimum atomic E-state index is -0.587. The van der Waals surface area contributed by atoms with E-state index in [0.717, 1.165) is 36.0 Å². The molecule has 7 heteroatoms. The lowest BCUT2D eigenvalue weighted by Gasteiger charge is -2.38. The SMILES string of the molecule is CCC(Oc1ccc2c(c1)C(c1cccc(F)c1)N(C(=O)C1CC1)CC2)C(=O)N1CCOCC1. The summed E-state index contributed by atoms with van der Waals surface area (Å²) in [4.78, 5) is 29.9. The van der Waals surface area contributed by atoms with Gasteiger partial charge in [0, 0.05) is 25.6 Å². The molecule has 5 rings (SSSR count). The molecule has 0 bridgehead atoms. The maximum Gasteiger partial charge on any atom is 0.263 e. The Morgan fingerprint density at radius 1 is 1.12 bits per heavy atom. The van der Waals surface area contributed by atoms with Crippen molar-refractivity contribution in [2.75, 3.05) is 32.8 Å². The van der Waals surface area contributed by atoms with Crippen LogP contribution < -0.4 is 4.74 Å². The first-order valence-electron chi connectivity index (χ1n) is 12.3. The number of morpholine rings is 1. The summed E-state index contributed by atoms with van der Waals surface area (Å²) in [5, 5.41) is 0. The zero-order valence-corrected chi connectivity index (χ0v) is 19.5. The molecule has 0 spiro atoms. The van der Waals surface area contributed by atoms with E-state index in [1.54, 1.807) is 11.0 Å². The smallest absolute Gasteiger partial charge is 0.263 e. The van der Waals surface area contributed by atoms with Gasteiger partial charge in [0.2, 0.25) is 5.91 Å². The van der Waals surface area contributed by atoms with E-state index in [-0.39, 0.29) is 29.6 Å². The minimum Gasteiger partial charge on any atom is -0.481 e. The minimum absolute atomic E-state index is 0.0317. The molecule has 2 aromatic rings. The first-order chi connectivity index (χ1) is 16.5. The first-order valence-corrected chi connectivity index (χ1v) is 12.3. The third kappa shape index (κ3) is 4.67. The van der Waals surface area contributed by atoms with Gasteiger partial charge in [0.05, 0.1) is 19.3 Å². The van der Waals surface area contributed by atoms with Gasteiger partial charge < -0.3 is 19.3 Å². The summed E-state index contributed by atoms with van der Waals surface area (Å²) in [6.45, 7) is 4.78. The van der Waals surface area contributed by atoms with Crippen LogP contribution in [0.25, 0.3) is 0 Å². The maximum atomic E-state index is 14.2. The van der Waals surface area contributed by atoms with E-state index in [4.69, 9.17) is 9.47 Å². The van der Waals surface area contributed by atoms with E-state index < -0.39 is 6.10 Å². The number of fused-ring (bicyclic) bond motifs is 1. The molecule has 0 radical (unpaired) electrons. The van der Waals surface area contributed by atoms with Gasteiger partial charge in [0.25, 0.3) is 5.91 Å². The molecule has 2 fully saturated rings. The molecule has 2 aliphatic heterocycles. The Balaban J connectivity index is 1.45. The molecule has 34 heavy (non-hydrogen) atoms. The summed E-state index contributed by atoms with van der Waals surface area (Å²) in [5.74, 6) is 0.455. The van der Waals surface area contributed by atoms with Crippen LogP contribution >= 0.6 is 0 Å². The molecule has 0 N–H and O–H groups in total. The fraction of sp³-hybridized carbons (Fsp3) is 0.481. The molecule has 3 aliphatic rings. The predicted octanol–water partition coefficient (Wildman–Crippen LogP) is 3.73. The van der Waals surface area contributed by atoms with Crippen molar-refractivity contribution in [3.05, 3.63) is 65.0 Å². The highest BCUT2D eigenvalue weighted by Gasteiger charge is 2.40. The highest BCUT2D eigenvalue weighted by molar-refractivity contribution is 5.82. The number of benzene rings is 2. The molecule has 2 atom stereocenters. The summed E-state index contributed by atoms with van der Waals surface area (Å²) < 4.78 is 25.7. The normalized spacial score (nSPS) is 21.1. The Hall–Kier alpha value is -2.93. The lowest BCUT2D eigenvalue weighted by atomic mass is 9.87. The second-order valence-corrected chi connectivity index (χ2v) is 9.33. The van der Waals surface area contributed by atoms with Gasteiger partial charge in [0.1, 0.15) is 11.6 Å². The van der Waals surface area contributed by atoms with E-state index in [1.807, 2.05) is 36.1 Å². The average molecular weight is 467 g/mol. The molecule has 180 valence electrons. The number of hydrogen-bond donors (Lipinski definition) is 0. The molecule has 2 heterocycles. The maximum absolute atomic E-state index is 14.2. The summed E-state index contributed by atoms with van der Waals surface area (Å²) in [7, 11) is 0. The number of ether oxygens (including phenoxy) is 2. The second-order valence-electron chi connectivity index (χ2n) is 9.33. The fourth-order valence-corrected chi connectivity index (χ4v) is 4.96. The molecule has 6 nitrogen and oxygen atoms in total. The highest BCUT2D eigenvalue weighted by atomic mass is 19.1. The van der Waals surface area contributed by atoms with Crippen LogP contribution in [0.2, 0.25) is 0 Å². The molecule has 1 saturated heterocycles. The van der Waals surface area contributed by atoms with Gasteiger partial charge in [-0.15, -0.1) is 0 Å². The van der Waals surface area contributed by atoms with Crippen LogP contribution in [0, 0.1) is 11.7 Å². The standard InChI is InChI=1S/C27H31FN2O4/c1-2-24(27(32)29-12-14-33-15-13-29)34-22-9-8-18-10-11-30(26(31)19-6-7-19)25(23(18)17-22)20-4-3-5-21(28)16-20/h3-5,8-9,16-17,19,24-25H,2,6-7,10-15H2,1H3. The number of hydrogen-bond acceptors (Lipinski definition) is 4. The van der Waals surface area contributed by atoms with Crippen molar-refractivity contribution >= 4 is 11.8 Å². The van der Waals surface area contributed by atoms with Crippen molar-refractivity contribution in [2.45, 2.75) is 44.8 Å². The van der Waals surface area contributed by atoms with Crippen molar-refractivity contribution in [3.63, 3.8) is 0 Å². The van der Waals surface area contributed by atoms with Crippen molar-refractivity contribution < 1.29 is 23.5 Å². The Bertz CT molecular complexity index is 1060. The van der Waals surface area contributed by atoms with Crippen molar-refractivity contribution in [2.24, 2.45) is 5.92 Å². The number of carbonyl (C=O) groups excluding carboxylic acids is 2. The summed E-state index contributed by atoms with van der Waals surface area (Å²) in [6.07, 6.45) is 2.54. The van der Waals surface area contributed by atoms with Crippen molar-refractivity contribution in [1.29, 1.82) is 0 Å². The average Bonchev–Trinajstić information content (AvgIpc) is 3.72. The Labute approximate surface area is 199 Å². The molecule has 2 aromatic carbocycles. The van der Waals surface area contributed by atoms with Crippen LogP contribution in [-0.4, -0.2) is 60.6 Å². The topological polar surface area (TPSA) is 59.1 Å². The van der Waals surface area contributed by atoms with E-state index in [9.17, 15) is 14.0 Å². The van der Waals surface area contributed by atoms with E-state index >= 15 is 0 Å². The van der Waals surface area contributed by atoms with E-state index in [1.165, 1.54) is 12.1 Å². The van der Waals surface area contributed by atoms with Gasteiger partial charge in [0.15, 0.2) is 6.10 Å². The van der Waals surface area contributed by atoms with Crippen LogP contribution in [0.3, 0.4) is 0 Å². The van der Waals surface area contributed by atoms with Gasteiger partial charge in [-0.05, 0) is 66.6 Å². The van der Waals surface area contributed by atoms with Gasteiger partial charge in [-0.2, -0.15) is 0 Å². The number of nitrogens with zero attached hydrogens (tertiary/aromatic N) is 2. The van der Waals surface area contributed by atoms with E-state index in [2.05, 4.69) is 0 Å². The Kier molecular flexibility index (Phi) is 6.55. The van der Waals surface area contributed by atoms with Crippen LogP contribution in [0.15, 0.2) is 42.5 Å². The zero-order chi connectivity index (χ0) is 23.7. The van der Waals surface area contributed by atoms with E-state index in [0.29, 0.717) is 45.0 Å². The van der Waals surface area contributed by atoms with Crippen molar-refractivity contribution in [3.8, 4) is 5.75 Å². The van der Waals surface area contributed by atoms with Crippen LogP contribution in [0.4, 0.5) is 4.39 Å². The number of carbonyl (C=O) groups is 2. The lowest BCUT2D eigenvalue weighted by molar-refractivity contribution is -0.143. The highest BCUT2D eigenvalue weighted by Crippen LogP contribution is 2.41. The van der Waals surface area contributed by atoms with Crippen LogP contribution in [-0.2, 0) is 20.7 Å². The molecule has 0 aromatic heterocycles. The third-order valence-electron chi connectivity index (χ3n) is 6.97. The number of amides is 2. The number of halogens is 1. The second kappa shape index (κ2) is 9.74. The zero-order valence-electron chi connectivity index (χ0n) is 19.5. The van der Waals surface area contributed by atoms with Gasteiger partial charge in [-0.3, -0.25) is 9.59 Å². The lowest BCUT2D eigenvalue weighted by Crippen LogP contribution is -2.47. The Morgan fingerprint density at radius 2 is 1.91 bits per heavy atom. The van der Waals surface area contributed by atoms with Gasteiger partial charge >= 0.3 is 0 Å². The first kappa shape index (κ1) is 22.8. The third-order valence-corrected chi connectivity index (χ3v) is 6.97.